The van der Waals surface area contributed by atoms with Gasteiger partial charge >= 0.3 is 0 Å². The van der Waals surface area contributed by atoms with Crippen molar-refractivity contribution in [3.8, 4) is 22.5 Å². The molecular weight excluding hydrogens is 348 g/mol. The molecule has 0 N–H and O–H groups in total. The minimum Gasteiger partial charge on any atom is -0.282 e. The molecule has 0 amide bonds. The average Bonchev–Trinajstić information content (AvgIpc) is 3.19. The van der Waals surface area contributed by atoms with Gasteiger partial charge in [0.1, 0.15) is 0 Å². The molecule has 0 aliphatic heterocycles. The Hall–Kier alpha value is -2.62. The maximum atomic E-state index is 6.07. The van der Waals surface area contributed by atoms with Gasteiger partial charge in [-0.15, -0.1) is 0 Å². The molecule has 0 aliphatic carbocycles. The van der Waals surface area contributed by atoms with E-state index in [2.05, 4.69) is 52.9 Å². The summed E-state index contributed by atoms with van der Waals surface area (Å²) >= 11 is 7.78. The number of rotatable bonds is 2. The lowest BCUT2D eigenvalue weighted by molar-refractivity contribution is 1.30. The molecule has 120 valence electrons. The van der Waals surface area contributed by atoms with Crippen molar-refractivity contribution in [1.29, 1.82) is 0 Å². The van der Waals surface area contributed by atoms with Gasteiger partial charge in [-0.1, -0.05) is 77.5 Å². The van der Waals surface area contributed by atoms with Crippen LogP contribution in [0.5, 0.6) is 0 Å². The van der Waals surface area contributed by atoms with E-state index in [4.69, 9.17) is 16.6 Å². The third-order valence-electron chi connectivity index (χ3n) is 4.32. The van der Waals surface area contributed by atoms with Crippen LogP contribution in [0.4, 0.5) is 0 Å². The molecule has 5 aromatic rings. The van der Waals surface area contributed by atoms with Gasteiger partial charge in [-0.05, 0) is 24.3 Å². The summed E-state index contributed by atoms with van der Waals surface area (Å²) in [6.07, 6.45) is 0. The summed E-state index contributed by atoms with van der Waals surface area (Å²) in [4.78, 5) is 5.97. The fourth-order valence-corrected chi connectivity index (χ4v) is 4.34. The molecule has 0 saturated heterocycles. The Morgan fingerprint density at radius 1 is 0.760 bits per heavy atom. The van der Waals surface area contributed by atoms with Gasteiger partial charge in [0.2, 0.25) is 0 Å². The number of aromatic nitrogens is 2. The van der Waals surface area contributed by atoms with Crippen LogP contribution in [0, 0.1) is 0 Å². The zero-order valence-corrected chi connectivity index (χ0v) is 14.8. The highest BCUT2D eigenvalue weighted by Crippen LogP contribution is 2.38. The van der Waals surface area contributed by atoms with Crippen LogP contribution >= 0.6 is 22.9 Å². The van der Waals surface area contributed by atoms with Crippen molar-refractivity contribution in [2.24, 2.45) is 0 Å². The maximum Gasteiger partial charge on any atom is 0.195 e. The number of nitrogens with zero attached hydrogens (tertiary/aromatic N) is 2. The lowest BCUT2D eigenvalue weighted by atomic mass is 10.0. The number of para-hydroxylation sites is 1. The zero-order chi connectivity index (χ0) is 16.8. The SMILES string of the molecule is Clc1ccc(-c2nc3sc4ccccc4n3c2-c2ccccc2)cc1. The minimum atomic E-state index is 0.733. The van der Waals surface area contributed by atoms with E-state index in [9.17, 15) is 0 Å². The van der Waals surface area contributed by atoms with Crippen molar-refractivity contribution in [1.82, 2.24) is 9.38 Å². The van der Waals surface area contributed by atoms with Gasteiger partial charge in [-0.25, -0.2) is 4.98 Å². The summed E-state index contributed by atoms with van der Waals surface area (Å²) in [5, 5.41) is 0.733. The third kappa shape index (κ3) is 2.36. The standard InChI is InChI=1S/C21H13ClN2S/c22-16-12-10-14(11-13-16)19-20(15-6-2-1-3-7-15)24-17-8-4-5-9-18(17)25-21(24)23-19/h1-13H. The monoisotopic (exact) mass is 360 g/mol. The Balaban J connectivity index is 1.90. The Kier molecular flexibility index (Phi) is 3.37. The van der Waals surface area contributed by atoms with E-state index in [1.807, 2.05) is 30.3 Å². The molecule has 2 nitrogen and oxygen atoms in total. The smallest absolute Gasteiger partial charge is 0.195 e. The van der Waals surface area contributed by atoms with Crippen LogP contribution in [0.25, 0.3) is 37.7 Å². The first kappa shape index (κ1) is 14.7. The molecule has 0 bridgehead atoms. The van der Waals surface area contributed by atoms with Gasteiger partial charge in [0.25, 0.3) is 0 Å². The predicted octanol–water partition coefficient (Wildman–Crippen LogP) is 6.54. The Morgan fingerprint density at radius 2 is 1.48 bits per heavy atom. The molecule has 2 heterocycles. The summed E-state index contributed by atoms with van der Waals surface area (Å²) < 4.78 is 3.50. The third-order valence-corrected chi connectivity index (χ3v) is 5.59. The van der Waals surface area contributed by atoms with E-state index in [1.165, 1.54) is 10.2 Å². The molecule has 0 fully saturated rings. The normalized spacial score (nSPS) is 11.4. The van der Waals surface area contributed by atoms with Crippen molar-refractivity contribution in [2.45, 2.75) is 0 Å². The van der Waals surface area contributed by atoms with Crippen molar-refractivity contribution >= 4 is 38.1 Å². The molecule has 0 unspecified atom stereocenters. The van der Waals surface area contributed by atoms with E-state index in [-0.39, 0.29) is 0 Å². The Labute approximate surface area is 154 Å². The Morgan fingerprint density at radius 3 is 2.28 bits per heavy atom. The van der Waals surface area contributed by atoms with Gasteiger partial charge < -0.3 is 0 Å². The van der Waals surface area contributed by atoms with E-state index in [0.717, 1.165) is 32.5 Å². The molecule has 4 heteroatoms. The summed E-state index contributed by atoms with van der Waals surface area (Å²) in [7, 11) is 0. The van der Waals surface area contributed by atoms with Crippen LogP contribution in [-0.4, -0.2) is 9.38 Å². The lowest BCUT2D eigenvalue weighted by Crippen LogP contribution is -1.88. The van der Waals surface area contributed by atoms with E-state index in [0.29, 0.717) is 0 Å². The van der Waals surface area contributed by atoms with Crippen LogP contribution in [0.1, 0.15) is 0 Å². The molecule has 3 aromatic carbocycles. The van der Waals surface area contributed by atoms with E-state index >= 15 is 0 Å². The topological polar surface area (TPSA) is 17.3 Å². The van der Waals surface area contributed by atoms with Crippen LogP contribution in [0.3, 0.4) is 0 Å². The second-order valence-corrected chi connectivity index (χ2v) is 7.32. The van der Waals surface area contributed by atoms with Gasteiger partial charge in [-0.2, -0.15) is 0 Å². The number of imidazole rings is 1. The second-order valence-electron chi connectivity index (χ2n) is 5.87. The van der Waals surface area contributed by atoms with Crippen LogP contribution in [0.15, 0.2) is 78.9 Å². The van der Waals surface area contributed by atoms with Crippen LogP contribution in [0.2, 0.25) is 5.02 Å². The lowest BCUT2D eigenvalue weighted by Gasteiger charge is -2.06. The minimum absolute atomic E-state index is 0.733. The van der Waals surface area contributed by atoms with Gasteiger partial charge in [0, 0.05) is 16.1 Å². The zero-order valence-electron chi connectivity index (χ0n) is 13.2. The van der Waals surface area contributed by atoms with Crippen molar-refractivity contribution in [2.75, 3.05) is 0 Å². The van der Waals surface area contributed by atoms with Gasteiger partial charge in [0.15, 0.2) is 4.96 Å². The predicted molar refractivity (Wildman–Crippen MR) is 106 cm³/mol. The van der Waals surface area contributed by atoms with Crippen molar-refractivity contribution < 1.29 is 0 Å². The van der Waals surface area contributed by atoms with Gasteiger partial charge in [0.05, 0.1) is 21.6 Å². The number of benzene rings is 3. The molecule has 0 atom stereocenters. The first-order valence-corrected chi connectivity index (χ1v) is 9.22. The molecule has 5 rings (SSSR count). The molecular formula is C21H13ClN2S. The number of hydrogen-bond acceptors (Lipinski definition) is 2. The number of halogens is 1. The molecule has 25 heavy (non-hydrogen) atoms. The van der Waals surface area contributed by atoms with Gasteiger partial charge in [-0.3, -0.25) is 4.40 Å². The molecule has 0 radical (unpaired) electrons. The number of hydrogen-bond donors (Lipinski definition) is 0. The largest absolute Gasteiger partial charge is 0.282 e. The van der Waals surface area contributed by atoms with Crippen molar-refractivity contribution in [3.05, 3.63) is 83.9 Å². The summed E-state index contributed by atoms with van der Waals surface area (Å²) in [6.45, 7) is 0. The quantitative estimate of drug-likeness (QED) is 0.349. The first-order chi connectivity index (χ1) is 12.3. The second kappa shape index (κ2) is 5.73. The summed E-state index contributed by atoms with van der Waals surface area (Å²) in [5.74, 6) is 0. The van der Waals surface area contributed by atoms with Crippen LogP contribution in [-0.2, 0) is 0 Å². The average molecular weight is 361 g/mol. The number of fused-ring (bicyclic) bond motifs is 3. The fourth-order valence-electron chi connectivity index (χ4n) is 3.19. The molecule has 0 spiro atoms. The van der Waals surface area contributed by atoms with Crippen LogP contribution < -0.4 is 0 Å². The highest BCUT2D eigenvalue weighted by molar-refractivity contribution is 7.23. The van der Waals surface area contributed by atoms with E-state index in [1.54, 1.807) is 11.3 Å². The van der Waals surface area contributed by atoms with E-state index < -0.39 is 0 Å². The van der Waals surface area contributed by atoms with Crippen molar-refractivity contribution in [3.63, 3.8) is 0 Å². The summed E-state index contributed by atoms with van der Waals surface area (Å²) in [5.41, 5.74) is 5.52. The maximum absolute atomic E-state index is 6.07. The number of thiazole rings is 1. The fraction of sp³-hybridized carbons (Fsp3) is 0. The molecule has 2 aromatic heterocycles. The highest BCUT2D eigenvalue weighted by Gasteiger charge is 2.19. The first-order valence-electron chi connectivity index (χ1n) is 8.02. The Bertz CT molecular complexity index is 1190. The molecule has 0 saturated carbocycles. The molecule has 0 aliphatic rings. The highest BCUT2D eigenvalue weighted by atomic mass is 35.5. The summed E-state index contributed by atoms with van der Waals surface area (Å²) in [6, 6.07) is 26.8.